The molecular weight excluding hydrogens is 612 g/mol. The van der Waals surface area contributed by atoms with Crippen LogP contribution in [0.2, 0.25) is 5.02 Å². The van der Waals surface area contributed by atoms with Crippen LogP contribution in [0.5, 0.6) is 0 Å². The number of hydrogen-bond donors (Lipinski definition) is 0. The molecule has 2 aliphatic heterocycles. The van der Waals surface area contributed by atoms with Gasteiger partial charge in [-0.15, -0.1) is 4.80 Å². The van der Waals surface area contributed by atoms with E-state index in [1.807, 2.05) is 10.8 Å². The third-order valence-corrected chi connectivity index (χ3v) is 8.30. The molecular formula is C25H24ClFIN7O2. The number of fused-ring (bicyclic) bond motifs is 1. The summed E-state index contributed by atoms with van der Waals surface area (Å²) in [6, 6.07) is 3.48. The standard InChI is InChI=1S/C25H24ClFIN7O2/c1-13-5-15(6-14(2)34(13)25-21(28)7-16(27)9-29-25)22(36)19-10-33(17-11-37-12-17)23-18(19)8-20(26)24(32-23)35-30-3-4-31-35/h3-4,7-10,13-15,17H,5-6,11-12H2,1-2H3/t13-,14-/m1/s1. The lowest BCUT2D eigenvalue weighted by molar-refractivity contribution is -0.0216. The van der Waals surface area contributed by atoms with Crippen LogP contribution in [0.15, 0.2) is 36.9 Å². The highest BCUT2D eigenvalue weighted by molar-refractivity contribution is 14.1. The first-order valence-electron chi connectivity index (χ1n) is 12.1. The van der Waals surface area contributed by atoms with Crippen molar-refractivity contribution in [1.82, 2.24) is 29.5 Å². The highest BCUT2D eigenvalue weighted by Crippen LogP contribution is 2.38. The third-order valence-electron chi connectivity index (χ3n) is 7.23. The lowest BCUT2D eigenvalue weighted by Gasteiger charge is -2.43. The summed E-state index contributed by atoms with van der Waals surface area (Å²) in [5.41, 5.74) is 1.28. The van der Waals surface area contributed by atoms with Crippen LogP contribution in [0.25, 0.3) is 16.9 Å². The molecule has 37 heavy (non-hydrogen) atoms. The smallest absolute Gasteiger partial charge is 0.195 e. The van der Waals surface area contributed by atoms with Crippen LogP contribution in [0.4, 0.5) is 10.2 Å². The quantitative estimate of drug-likeness (QED) is 0.229. The molecule has 0 radical (unpaired) electrons. The zero-order chi connectivity index (χ0) is 25.8. The zero-order valence-electron chi connectivity index (χ0n) is 20.2. The fourth-order valence-electron chi connectivity index (χ4n) is 5.49. The molecule has 4 aromatic rings. The molecule has 4 aromatic heterocycles. The van der Waals surface area contributed by atoms with Crippen molar-refractivity contribution in [3.8, 4) is 5.82 Å². The molecule has 0 saturated carbocycles. The Hall–Kier alpha value is -2.64. The molecule has 0 aliphatic carbocycles. The summed E-state index contributed by atoms with van der Waals surface area (Å²) in [7, 11) is 0. The average molecular weight is 636 g/mol. The maximum Gasteiger partial charge on any atom is 0.195 e. The highest BCUT2D eigenvalue weighted by Gasteiger charge is 2.38. The molecule has 2 fully saturated rings. The second kappa shape index (κ2) is 9.59. The van der Waals surface area contributed by atoms with Crippen molar-refractivity contribution in [3.05, 3.63) is 56.9 Å². The van der Waals surface area contributed by atoms with Crippen LogP contribution in [0, 0.1) is 15.3 Å². The van der Waals surface area contributed by atoms with Gasteiger partial charge in [-0.1, -0.05) is 11.6 Å². The average Bonchev–Trinajstić information content (AvgIpc) is 3.46. The van der Waals surface area contributed by atoms with Crippen LogP contribution in [-0.2, 0) is 4.74 Å². The van der Waals surface area contributed by atoms with E-state index in [1.54, 1.807) is 18.5 Å². The summed E-state index contributed by atoms with van der Waals surface area (Å²) in [6.45, 7) is 5.31. The third kappa shape index (κ3) is 4.30. The van der Waals surface area contributed by atoms with Gasteiger partial charge in [0.1, 0.15) is 17.3 Å². The van der Waals surface area contributed by atoms with Crippen LogP contribution in [-0.4, -0.2) is 60.6 Å². The fraction of sp³-hybridized carbons (Fsp3) is 0.400. The summed E-state index contributed by atoms with van der Waals surface area (Å²) in [6.07, 6.45) is 7.59. The Morgan fingerprint density at radius 1 is 1.14 bits per heavy atom. The van der Waals surface area contributed by atoms with Gasteiger partial charge in [0.2, 0.25) is 0 Å². The van der Waals surface area contributed by atoms with Crippen molar-refractivity contribution < 1.29 is 13.9 Å². The topological polar surface area (TPSA) is 91.0 Å². The Balaban J connectivity index is 1.35. The largest absolute Gasteiger partial charge is 0.377 e. The predicted molar refractivity (Wildman–Crippen MR) is 145 cm³/mol. The molecule has 0 spiro atoms. The van der Waals surface area contributed by atoms with Crippen molar-refractivity contribution in [2.45, 2.75) is 44.8 Å². The summed E-state index contributed by atoms with van der Waals surface area (Å²) >= 11 is 8.72. The van der Waals surface area contributed by atoms with E-state index in [-0.39, 0.29) is 35.6 Å². The van der Waals surface area contributed by atoms with E-state index in [9.17, 15) is 9.18 Å². The maximum atomic E-state index is 14.0. The minimum Gasteiger partial charge on any atom is -0.377 e. The van der Waals surface area contributed by atoms with Gasteiger partial charge in [-0.2, -0.15) is 10.2 Å². The normalized spacial score (nSPS) is 22.4. The number of ketones is 1. The minimum absolute atomic E-state index is 0.0526. The van der Waals surface area contributed by atoms with E-state index in [4.69, 9.17) is 21.3 Å². The summed E-state index contributed by atoms with van der Waals surface area (Å²) in [5, 5.41) is 9.42. The van der Waals surface area contributed by atoms with Crippen molar-refractivity contribution in [1.29, 1.82) is 0 Å². The highest BCUT2D eigenvalue weighted by atomic mass is 127. The van der Waals surface area contributed by atoms with Crippen molar-refractivity contribution in [2.24, 2.45) is 5.92 Å². The van der Waals surface area contributed by atoms with E-state index >= 15 is 0 Å². The molecule has 2 aliphatic rings. The molecule has 6 heterocycles. The first-order chi connectivity index (χ1) is 17.8. The lowest BCUT2D eigenvalue weighted by Crippen LogP contribution is -2.49. The molecule has 192 valence electrons. The number of nitrogens with zero attached hydrogens (tertiary/aromatic N) is 7. The van der Waals surface area contributed by atoms with E-state index in [2.05, 4.69) is 56.5 Å². The van der Waals surface area contributed by atoms with Gasteiger partial charge in [-0.05, 0) is 61.4 Å². The lowest BCUT2D eigenvalue weighted by atomic mass is 9.82. The number of ether oxygens (including phenoxy) is 1. The number of Topliss-reactive ketones (excluding diaryl/α,β-unsaturated/α-hetero) is 1. The van der Waals surface area contributed by atoms with Gasteiger partial charge in [-0.25, -0.2) is 14.4 Å². The molecule has 12 heteroatoms. The Morgan fingerprint density at radius 2 is 1.84 bits per heavy atom. The van der Waals surface area contributed by atoms with Gasteiger partial charge >= 0.3 is 0 Å². The van der Waals surface area contributed by atoms with Gasteiger partial charge in [0.05, 0.1) is 46.4 Å². The van der Waals surface area contributed by atoms with E-state index in [0.29, 0.717) is 48.1 Å². The van der Waals surface area contributed by atoms with Crippen LogP contribution in [0.1, 0.15) is 43.1 Å². The fourth-order valence-corrected chi connectivity index (χ4v) is 6.43. The second-order valence-electron chi connectivity index (χ2n) is 9.72. The van der Waals surface area contributed by atoms with Crippen LogP contribution in [0.3, 0.4) is 0 Å². The molecule has 0 aromatic carbocycles. The van der Waals surface area contributed by atoms with Gasteiger partial charge in [-0.3, -0.25) is 4.79 Å². The summed E-state index contributed by atoms with van der Waals surface area (Å²) in [4.78, 5) is 26.7. The number of aromatic nitrogens is 6. The Bertz CT molecular complexity index is 1480. The number of carbonyl (C=O) groups is 1. The zero-order valence-corrected chi connectivity index (χ0v) is 23.1. The Labute approximate surface area is 231 Å². The number of carbonyl (C=O) groups excluding carboxylic acids is 1. The number of halogens is 3. The molecule has 6 rings (SSSR count). The Kier molecular flexibility index (Phi) is 6.40. The summed E-state index contributed by atoms with van der Waals surface area (Å²) in [5.74, 6) is 0.708. The SMILES string of the molecule is C[C@@H]1CC(C(=O)c2cn(C3COC3)c3nc(-n4nccn4)c(Cl)cc23)C[C@@H](C)N1c1ncc(F)cc1I. The number of hydrogen-bond acceptors (Lipinski definition) is 7. The molecule has 0 amide bonds. The minimum atomic E-state index is -0.356. The Morgan fingerprint density at radius 3 is 2.46 bits per heavy atom. The van der Waals surface area contributed by atoms with Crippen molar-refractivity contribution in [2.75, 3.05) is 18.1 Å². The first kappa shape index (κ1) is 24.7. The van der Waals surface area contributed by atoms with Crippen LogP contribution >= 0.6 is 34.2 Å². The van der Waals surface area contributed by atoms with Crippen LogP contribution < -0.4 is 4.90 Å². The molecule has 0 unspecified atom stereocenters. The summed E-state index contributed by atoms with van der Waals surface area (Å²) < 4.78 is 21.9. The number of pyridine rings is 2. The predicted octanol–water partition coefficient (Wildman–Crippen LogP) is 4.86. The second-order valence-corrected chi connectivity index (χ2v) is 11.3. The maximum absolute atomic E-state index is 14.0. The number of anilines is 1. The molecule has 2 saturated heterocycles. The molecule has 9 nitrogen and oxygen atoms in total. The van der Waals surface area contributed by atoms with E-state index in [1.165, 1.54) is 17.1 Å². The van der Waals surface area contributed by atoms with E-state index < -0.39 is 0 Å². The molecule has 0 N–H and O–H groups in total. The first-order valence-corrected chi connectivity index (χ1v) is 13.6. The van der Waals surface area contributed by atoms with E-state index in [0.717, 1.165) is 14.8 Å². The molecule has 0 bridgehead atoms. The van der Waals surface area contributed by atoms with Crippen molar-refractivity contribution >= 4 is 56.8 Å². The van der Waals surface area contributed by atoms with Crippen molar-refractivity contribution in [3.63, 3.8) is 0 Å². The van der Waals surface area contributed by atoms with Gasteiger partial charge in [0.15, 0.2) is 11.6 Å². The van der Waals surface area contributed by atoms with Gasteiger partial charge in [0, 0.05) is 35.1 Å². The number of piperidine rings is 1. The molecule has 2 atom stereocenters. The van der Waals surface area contributed by atoms with Gasteiger partial charge < -0.3 is 14.2 Å². The number of rotatable bonds is 5. The van der Waals surface area contributed by atoms with Gasteiger partial charge in [0.25, 0.3) is 0 Å². The monoisotopic (exact) mass is 635 g/mol.